The SMILES string of the molecule is Cn1c(=O)n(C)c2cc(NC(=O)Cc3ccc4c(c3)CCO4)ccc21. The van der Waals surface area contributed by atoms with Crippen molar-refractivity contribution >= 4 is 22.6 Å². The van der Waals surface area contributed by atoms with Gasteiger partial charge in [0.1, 0.15) is 5.75 Å². The molecule has 2 aromatic carbocycles. The average molecular weight is 337 g/mol. The van der Waals surface area contributed by atoms with Crippen LogP contribution in [0.5, 0.6) is 5.75 Å². The van der Waals surface area contributed by atoms with E-state index in [1.807, 2.05) is 36.4 Å². The van der Waals surface area contributed by atoms with Crippen LogP contribution in [-0.2, 0) is 31.7 Å². The Labute approximate surface area is 144 Å². The van der Waals surface area contributed by atoms with Crippen LogP contribution < -0.4 is 15.7 Å². The van der Waals surface area contributed by atoms with E-state index in [9.17, 15) is 9.59 Å². The Morgan fingerprint density at radius 2 is 1.92 bits per heavy atom. The number of benzene rings is 2. The summed E-state index contributed by atoms with van der Waals surface area (Å²) in [4.78, 5) is 24.3. The van der Waals surface area contributed by atoms with Crippen molar-refractivity contribution in [3.63, 3.8) is 0 Å². The van der Waals surface area contributed by atoms with E-state index in [0.717, 1.165) is 34.3 Å². The molecule has 1 aliphatic heterocycles. The molecule has 0 bridgehead atoms. The van der Waals surface area contributed by atoms with Gasteiger partial charge < -0.3 is 10.1 Å². The molecule has 0 saturated heterocycles. The van der Waals surface area contributed by atoms with Gasteiger partial charge in [-0.05, 0) is 35.4 Å². The van der Waals surface area contributed by atoms with Crippen LogP contribution in [0.3, 0.4) is 0 Å². The van der Waals surface area contributed by atoms with Gasteiger partial charge in [0.15, 0.2) is 0 Å². The van der Waals surface area contributed by atoms with Gasteiger partial charge in [-0.1, -0.05) is 12.1 Å². The van der Waals surface area contributed by atoms with Crippen molar-refractivity contribution in [3.8, 4) is 5.75 Å². The summed E-state index contributed by atoms with van der Waals surface area (Å²) in [7, 11) is 3.46. The van der Waals surface area contributed by atoms with Gasteiger partial charge >= 0.3 is 5.69 Å². The van der Waals surface area contributed by atoms with Crippen molar-refractivity contribution in [1.29, 1.82) is 0 Å². The molecule has 128 valence electrons. The second-order valence-electron chi connectivity index (χ2n) is 6.37. The standard InChI is InChI=1S/C19H19N3O3/c1-21-15-5-4-14(11-16(15)22(2)19(21)24)20-18(23)10-12-3-6-17-13(9-12)7-8-25-17/h3-6,9,11H,7-8,10H2,1-2H3,(H,20,23). The molecule has 0 aliphatic carbocycles. The lowest BCUT2D eigenvalue weighted by Gasteiger charge is -2.07. The molecule has 1 aromatic heterocycles. The summed E-state index contributed by atoms with van der Waals surface area (Å²) < 4.78 is 8.65. The third kappa shape index (κ3) is 2.69. The molecule has 0 saturated carbocycles. The second-order valence-corrected chi connectivity index (χ2v) is 6.37. The predicted molar refractivity (Wildman–Crippen MR) is 96.1 cm³/mol. The molecule has 3 aromatic rings. The Bertz CT molecular complexity index is 1050. The molecular formula is C19H19N3O3. The molecule has 0 unspecified atom stereocenters. The van der Waals surface area contributed by atoms with E-state index in [0.29, 0.717) is 18.7 Å². The molecule has 0 fully saturated rings. The number of imidazole rings is 1. The number of ether oxygens (including phenoxy) is 1. The number of rotatable bonds is 3. The summed E-state index contributed by atoms with van der Waals surface area (Å²) in [5, 5.41) is 2.91. The number of aryl methyl sites for hydroxylation is 2. The molecule has 6 nitrogen and oxygen atoms in total. The molecular weight excluding hydrogens is 318 g/mol. The molecule has 1 aliphatic rings. The highest BCUT2D eigenvalue weighted by Crippen LogP contribution is 2.26. The minimum absolute atomic E-state index is 0.0841. The Morgan fingerprint density at radius 3 is 2.76 bits per heavy atom. The zero-order chi connectivity index (χ0) is 17.6. The maximum absolute atomic E-state index is 12.4. The first-order valence-corrected chi connectivity index (χ1v) is 8.23. The lowest BCUT2D eigenvalue weighted by atomic mass is 10.1. The Kier molecular flexibility index (Phi) is 3.60. The van der Waals surface area contributed by atoms with E-state index in [2.05, 4.69) is 5.32 Å². The first-order chi connectivity index (χ1) is 12.0. The molecule has 0 radical (unpaired) electrons. The van der Waals surface area contributed by atoms with Gasteiger partial charge in [-0.25, -0.2) is 4.79 Å². The molecule has 25 heavy (non-hydrogen) atoms. The number of aromatic nitrogens is 2. The van der Waals surface area contributed by atoms with Crippen LogP contribution in [0.1, 0.15) is 11.1 Å². The fraction of sp³-hybridized carbons (Fsp3) is 0.263. The molecule has 1 N–H and O–H groups in total. The van der Waals surface area contributed by atoms with E-state index in [1.54, 1.807) is 23.2 Å². The minimum atomic E-state index is -0.0844. The summed E-state index contributed by atoms with van der Waals surface area (Å²) >= 11 is 0. The minimum Gasteiger partial charge on any atom is -0.493 e. The molecule has 2 heterocycles. The quantitative estimate of drug-likeness (QED) is 0.795. The molecule has 1 amide bonds. The second kappa shape index (κ2) is 5.81. The number of nitrogens with one attached hydrogen (secondary N) is 1. The van der Waals surface area contributed by atoms with Crippen LogP contribution in [0.2, 0.25) is 0 Å². The zero-order valence-corrected chi connectivity index (χ0v) is 14.2. The summed E-state index contributed by atoms with van der Waals surface area (Å²) in [6, 6.07) is 11.4. The number of fused-ring (bicyclic) bond motifs is 2. The third-order valence-electron chi connectivity index (χ3n) is 4.67. The number of carbonyl (C=O) groups is 1. The number of nitrogens with zero attached hydrogens (tertiary/aromatic N) is 2. The van der Waals surface area contributed by atoms with Crippen molar-refractivity contribution in [3.05, 3.63) is 58.0 Å². The summed E-state index contributed by atoms with van der Waals surface area (Å²) in [6.45, 7) is 0.709. The highest BCUT2D eigenvalue weighted by molar-refractivity contribution is 5.94. The van der Waals surface area contributed by atoms with E-state index in [1.165, 1.54) is 0 Å². The van der Waals surface area contributed by atoms with Crippen molar-refractivity contribution < 1.29 is 9.53 Å². The predicted octanol–water partition coefficient (Wildman–Crippen LogP) is 1.99. The van der Waals surface area contributed by atoms with Gasteiger partial charge in [0.25, 0.3) is 0 Å². The average Bonchev–Trinajstić information content (AvgIpc) is 3.14. The van der Waals surface area contributed by atoms with E-state index in [4.69, 9.17) is 4.74 Å². The van der Waals surface area contributed by atoms with Crippen molar-refractivity contribution in [2.24, 2.45) is 14.1 Å². The number of hydrogen-bond acceptors (Lipinski definition) is 3. The smallest absolute Gasteiger partial charge is 0.328 e. The number of hydrogen-bond donors (Lipinski definition) is 1. The van der Waals surface area contributed by atoms with Crippen molar-refractivity contribution in [1.82, 2.24) is 9.13 Å². The van der Waals surface area contributed by atoms with Gasteiger partial charge in [0.05, 0.1) is 24.1 Å². The maximum atomic E-state index is 12.4. The molecule has 0 atom stereocenters. The normalized spacial score (nSPS) is 12.9. The largest absolute Gasteiger partial charge is 0.493 e. The van der Waals surface area contributed by atoms with Gasteiger partial charge in [-0.15, -0.1) is 0 Å². The number of carbonyl (C=O) groups excluding carboxylic acids is 1. The van der Waals surface area contributed by atoms with Gasteiger partial charge in [0, 0.05) is 26.2 Å². The summed E-state index contributed by atoms with van der Waals surface area (Å²) in [5.74, 6) is 0.832. The highest BCUT2D eigenvalue weighted by Gasteiger charge is 2.14. The first kappa shape index (κ1) is 15.5. The third-order valence-corrected chi connectivity index (χ3v) is 4.67. The number of amides is 1. The van der Waals surface area contributed by atoms with Crippen molar-refractivity contribution in [2.45, 2.75) is 12.8 Å². The monoisotopic (exact) mass is 337 g/mol. The van der Waals surface area contributed by atoms with Crippen LogP contribution >= 0.6 is 0 Å². The van der Waals surface area contributed by atoms with Crippen LogP contribution in [0.4, 0.5) is 5.69 Å². The van der Waals surface area contributed by atoms with Gasteiger partial charge in [-0.3, -0.25) is 13.9 Å². The Morgan fingerprint density at radius 1 is 1.12 bits per heavy atom. The van der Waals surface area contributed by atoms with Crippen molar-refractivity contribution in [2.75, 3.05) is 11.9 Å². The van der Waals surface area contributed by atoms with E-state index in [-0.39, 0.29) is 11.6 Å². The number of anilines is 1. The van der Waals surface area contributed by atoms with E-state index < -0.39 is 0 Å². The first-order valence-electron chi connectivity index (χ1n) is 8.23. The summed E-state index contributed by atoms with van der Waals surface area (Å²) in [6.07, 6.45) is 1.20. The summed E-state index contributed by atoms with van der Waals surface area (Å²) in [5.41, 5.74) is 4.35. The van der Waals surface area contributed by atoms with Crippen LogP contribution in [0.25, 0.3) is 11.0 Å². The lowest BCUT2D eigenvalue weighted by molar-refractivity contribution is -0.115. The zero-order valence-electron chi connectivity index (χ0n) is 14.2. The lowest BCUT2D eigenvalue weighted by Crippen LogP contribution is -2.19. The maximum Gasteiger partial charge on any atom is 0.328 e. The van der Waals surface area contributed by atoms with Crippen LogP contribution in [-0.4, -0.2) is 21.6 Å². The van der Waals surface area contributed by atoms with Gasteiger partial charge in [0.2, 0.25) is 5.91 Å². The highest BCUT2D eigenvalue weighted by atomic mass is 16.5. The fourth-order valence-electron chi connectivity index (χ4n) is 3.33. The molecule has 6 heteroatoms. The van der Waals surface area contributed by atoms with E-state index >= 15 is 0 Å². The fourth-order valence-corrected chi connectivity index (χ4v) is 3.33. The Hall–Kier alpha value is -3.02. The van der Waals surface area contributed by atoms with Gasteiger partial charge in [-0.2, -0.15) is 0 Å². The van der Waals surface area contributed by atoms with Crippen LogP contribution in [0.15, 0.2) is 41.2 Å². The topological polar surface area (TPSA) is 65.3 Å². The Balaban J connectivity index is 1.53. The molecule has 4 rings (SSSR count). The molecule has 0 spiro atoms. The van der Waals surface area contributed by atoms with Crippen LogP contribution in [0, 0.1) is 0 Å².